The fourth-order valence-corrected chi connectivity index (χ4v) is 3.52. The fourth-order valence-electron chi connectivity index (χ4n) is 3.34. The first-order chi connectivity index (χ1) is 8.65. The van der Waals surface area contributed by atoms with Crippen LogP contribution >= 0.6 is 11.6 Å². The SMILES string of the molecule is CN1C2CCC1CN(c1ccc(Cl)cc1N)CC2. The van der Waals surface area contributed by atoms with E-state index in [2.05, 4.69) is 22.9 Å². The maximum absolute atomic E-state index is 6.10. The molecule has 98 valence electrons. The highest BCUT2D eigenvalue weighted by molar-refractivity contribution is 6.31. The monoisotopic (exact) mass is 265 g/mol. The van der Waals surface area contributed by atoms with Gasteiger partial charge in [0.05, 0.1) is 11.4 Å². The van der Waals surface area contributed by atoms with Crippen LogP contribution in [0.25, 0.3) is 0 Å². The van der Waals surface area contributed by atoms with Gasteiger partial charge in [0, 0.05) is 30.2 Å². The molecule has 0 spiro atoms. The molecule has 1 aromatic rings. The molecule has 18 heavy (non-hydrogen) atoms. The zero-order valence-electron chi connectivity index (χ0n) is 10.8. The second-order valence-corrected chi connectivity index (χ2v) is 5.92. The Balaban J connectivity index is 1.84. The third kappa shape index (κ3) is 2.06. The number of hydrogen-bond acceptors (Lipinski definition) is 3. The minimum atomic E-state index is 0.674. The van der Waals surface area contributed by atoms with Crippen molar-refractivity contribution in [3.63, 3.8) is 0 Å². The van der Waals surface area contributed by atoms with E-state index < -0.39 is 0 Å². The summed E-state index contributed by atoms with van der Waals surface area (Å²) in [6, 6.07) is 7.27. The van der Waals surface area contributed by atoms with Gasteiger partial charge in [-0.25, -0.2) is 0 Å². The van der Waals surface area contributed by atoms with Gasteiger partial charge >= 0.3 is 0 Å². The van der Waals surface area contributed by atoms with E-state index in [9.17, 15) is 0 Å². The van der Waals surface area contributed by atoms with Crippen LogP contribution in [0.5, 0.6) is 0 Å². The second-order valence-electron chi connectivity index (χ2n) is 5.49. The minimum Gasteiger partial charge on any atom is -0.397 e. The Kier molecular flexibility index (Phi) is 3.12. The van der Waals surface area contributed by atoms with Crippen molar-refractivity contribution in [3.8, 4) is 0 Å². The molecule has 2 atom stereocenters. The lowest BCUT2D eigenvalue weighted by Gasteiger charge is -2.28. The molecular weight excluding hydrogens is 246 g/mol. The van der Waals surface area contributed by atoms with Crippen LogP contribution in [0.4, 0.5) is 11.4 Å². The number of rotatable bonds is 1. The van der Waals surface area contributed by atoms with E-state index >= 15 is 0 Å². The van der Waals surface area contributed by atoms with Gasteiger partial charge in [0.15, 0.2) is 0 Å². The molecule has 0 radical (unpaired) electrons. The van der Waals surface area contributed by atoms with Crippen LogP contribution in [0.2, 0.25) is 5.02 Å². The van der Waals surface area contributed by atoms with E-state index in [0.29, 0.717) is 11.1 Å². The van der Waals surface area contributed by atoms with E-state index in [1.807, 2.05) is 12.1 Å². The minimum absolute atomic E-state index is 0.674. The topological polar surface area (TPSA) is 32.5 Å². The lowest BCUT2D eigenvalue weighted by atomic mass is 10.1. The summed E-state index contributed by atoms with van der Waals surface area (Å²) < 4.78 is 0. The standard InChI is InChI=1S/C14H20ClN3/c1-17-11-3-4-12(17)9-18(7-6-11)14-5-2-10(15)8-13(14)16/h2,5,8,11-12H,3-4,6-7,9,16H2,1H3. The molecule has 4 heteroatoms. The second kappa shape index (κ2) is 4.63. The van der Waals surface area contributed by atoms with E-state index in [4.69, 9.17) is 17.3 Å². The Bertz CT molecular complexity index is 449. The third-order valence-corrected chi connectivity index (χ3v) is 4.71. The zero-order chi connectivity index (χ0) is 12.7. The molecule has 0 aromatic heterocycles. The largest absolute Gasteiger partial charge is 0.397 e. The van der Waals surface area contributed by atoms with Gasteiger partial charge in [0.1, 0.15) is 0 Å². The van der Waals surface area contributed by atoms with Gasteiger partial charge in [-0.15, -0.1) is 0 Å². The van der Waals surface area contributed by atoms with Crippen molar-refractivity contribution in [2.24, 2.45) is 0 Å². The van der Waals surface area contributed by atoms with Crippen molar-refractivity contribution in [1.29, 1.82) is 0 Å². The lowest BCUT2D eigenvalue weighted by molar-refractivity contribution is 0.254. The van der Waals surface area contributed by atoms with Gasteiger partial charge in [0.25, 0.3) is 0 Å². The predicted molar refractivity (Wildman–Crippen MR) is 77.3 cm³/mol. The Morgan fingerprint density at radius 3 is 2.78 bits per heavy atom. The van der Waals surface area contributed by atoms with E-state index in [1.165, 1.54) is 19.3 Å². The molecule has 0 amide bonds. The van der Waals surface area contributed by atoms with Crippen LogP contribution in [0, 0.1) is 0 Å². The number of hydrogen-bond donors (Lipinski definition) is 1. The Labute approximate surface area is 114 Å². The number of likely N-dealkylation sites (N-methyl/N-ethyl adjacent to an activating group) is 1. The molecule has 3 nitrogen and oxygen atoms in total. The molecule has 2 heterocycles. The Hall–Kier alpha value is -0.930. The number of nitrogens with two attached hydrogens (primary N) is 1. The Morgan fingerprint density at radius 1 is 1.22 bits per heavy atom. The number of fused-ring (bicyclic) bond motifs is 2. The van der Waals surface area contributed by atoms with Crippen molar-refractivity contribution in [2.75, 3.05) is 30.8 Å². The average molecular weight is 266 g/mol. The summed E-state index contributed by atoms with van der Waals surface area (Å²) in [6.07, 6.45) is 3.89. The maximum Gasteiger partial charge on any atom is 0.0601 e. The van der Waals surface area contributed by atoms with Crippen molar-refractivity contribution in [1.82, 2.24) is 4.90 Å². The van der Waals surface area contributed by atoms with Gasteiger partial charge in [-0.1, -0.05) is 11.6 Å². The molecule has 3 rings (SSSR count). The summed E-state index contributed by atoms with van der Waals surface area (Å²) >= 11 is 5.97. The van der Waals surface area contributed by atoms with Crippen molar-refractivity contribution in [2.45, 2.75) is 31.3 Å². The van der Waals surface area contributed by atoms with Gasteiger partial charge in [-0.3, -0.25) is 4.90 Å². The summed E-state index contributed by atoms with van der Waals surface area (Å²) in [5.41, 5.74) is 8.03. The van der Waals surface area contributed by atoms with Crippen LogP contribution in [0.3, 0.4) is 0 Å². The van der Waals surface area contributed by atoms with E-state index in [-0.39, 0.29) is 0 Å². The van der Waals surface area contributed by atoms with Gasteiger partial charge in [-0.05, 0) is 44.5 Å². The predicted octanol–water partition coefficient (Wildman–Crippen LogP) is 2.60. The van der Waals surface area contributed by atoms with Crippen LogP contribution in [0.15, 0.2) is 18.2 Å². The average Bonchev–Trinajstić information content (AvgIpc) is 2.55. The molecule has 2 fully saturated rings. The highest BCUT2D eigenvalue weighted by Gasteiger charge is 2.34. The molecule has 0 aliphatic carbocycles. The van der Waals surface area contributed by atoms with Crippen molar-refractivity contribution >= 4 is 23.0 Å². The molecule has 2 saturated heterocycles. The van der Waals surface area contributed by atoms with Crippen LogP contribution in [-0.2, 0) is 0 Å². The Morgan fingerprint density at radius 2 is 2.00 bits per heavy atom. The highest BCUT2D eigenvalue weighted by Crippen LogP contribution is 2.33. The van der Waals surface area contributed by atoms with E-state index in [0.717, 1.165) is 30.5 Å². The molecule has 2 aliphatic rings. The molecular formula is C14H20ClN3. The van der Waals surface area contributed by atoms with Crippen LogP contribution in [-0.4, -0.2) is 37.1 Å². The summed E-state index contributed by atoms with van der Waals surface area (Å²) in [6.45, 7) is 2.18. The summed E-state index contributed by atoms with van der Waals surface area (Å²) in [5, 5.41) is 0.713. The third-order valence-electron chi connectivity index (χ3n) is 4.48. The number of anilines is 2. The smallest absolute Gasteiger partial charge is 0.0601 e. The highest BCUT2D eigenvalue weighted by atomic mass is 35.5. The summed E-state index contributed by atoms with van der Waals surface area (Å²) in [7, 11) is 2.26. The van der Waals surface area contributed by atoms with Crippen molar-refractivity contribution in [3.05, 3.63) is 23.2 Å². The van der Waals surface area contributed by atoms with Crippen molar-refractivity contribution < 1.29 is 0 Å². The molecule has 0 saturated carbocycles. The zero-order valence-corrected chi connectivity index (χ0v) is 11.5. The molecule has 2 aliphatic heterocycles. The first-order valence-electron chi connectivity index (χ1n) is 6.67. The van der Waals surface area contributed by atoms with Crippen LogP contribution < -0.4 is 10.6 Å². The molecule has 2 bridgehead atoms. The lowest BCUT2D eigenvalue weighted by Crippen LogP contribution is -2.36. The first kappa shape index (κ1) is 12.1. The molecule has 2 unspecified atom stereocenters. The number of nitrogen functional groups attached to an aromatic ring is 1. The number of halogens is 1. The van der Waals surface area contributed by atoms with Gasteiger partial charge < -0.3 is 10.6 Å². The number of nitrogens with zero attached hydrogens (tertiary/aromatic N) is 2. The van der Waals surface area contributed by atoms with E-state index in [1.54, 1.807) is 0 Å². The summed E-state index contributed by atoms with van der Waals surface area (Å²) in [5.74, 6) is 0. The first-order valence-corrected chi connectivity index (χ1v) is 7.05. The van der Waals surface area contributed by atoms with Crippen LogP contribution in [0.1, 0.15) is 19.3 Å². The number of benzene rings is 1. The fraction of sp³-hybridized carbons (Fsp3) is 0.571. The maximum atomic E-state index is 6.10. The summed E-state index contributed by atoms with van der Waals surface area (Å²) in [4.78, 5) is 4.97. The van der Waals surface area contributed by atoms with Gasteiger partial charge in [-0.2, -0.15) is 0 Å². The molecule has 2 N–H and O–H groups in total. The van der Waals surface area contributed by atoms with Gasteiger partial charge in [0.2, 0.25) is 0 Å². The quantitative estimate of drug-likeness (QED) is 0.793. The normalized spacial score (nSPS) is 28.4. The molecule has 1 aromatic carbocycles.